The largest absolute Gasteiger partial charge is 0.507 e. The molecule has 0 atom stereocenters. The standard InChI is InChI=1S/C31H26O6/c1-35-19-7-9-21-16(10-19)6-8-22-30(27(34)15-28(37-3)31(21)22)24-14-23-17(12-25(24)32)4-5-18-11-20(36-2)13-26(33)29(18)23/h6-15,32-34H,4-5H2,1-3H3. The van der Waals surface area contributed by atoms with Gasteiger partial charge < -0.3 is 29.5 Å². The zero-order valence-electron chi connectivity index (χ0n) is 20.8. The average Bonchev–Trinajstić information content (AvgIpc) is 2.91. The van der Waals surface area contributed by atoms with E-state index in [4.69, 9.17) is 14.2 Å². The number of fused-ring (bicyclic) bond motifs is 6. The van der Waals surface area contributed by atoms with Crippen molar-refractivity contribution in [3.05, 3.63) is 71.8 Å². The van der Waals surface area contributed by atoms with E-state index in [2.05, 4.69) is 0 Å². The Morgan fingerprint density at radius 3 is 2.05 bits per heavy atom. The molecular weight excluding hydrogens is 468 g/mol. The van der Waals surface area contributed by atoms with Crippen LogP contribution in [0.25, 0.3) is 43.8 Å². The molecule has 0 fully saturated rings. The van der Waals surface area contributed by atoms with Gasteiger partial charge in [0.25, 0.3) is 0 Å². The molecule has 6 nitrogen and oxygen atoms in total. The Morgan fingerprint density at radius 2 is 1.30 bits per heavy atom. The van der Waals surface area contributed by atoms with Crippen LogP contribution in [-0.2, 0) is 12.8 Å². The highest BCUT2D eigenvalue weighted by Crippen LogP contribution is 2.50. The second kappa shape index (κ2) is 8.52. The Kier molecular flexibility index (Phi) is 5.26. The Morgan fingerprint density at radius 1 is 0.568 bits per heavy atom. The van der Waals surface area contributed by atoms with E-state index in [1.165, 1.54) is 0 Å². The van der Waals surface area contributed by atoms with Gasteiger partial charge in [-0.2, -0.15) is 0 Å². The smallest absolute Gasteiger partial charge is 0.131 e. The zero-order chi connectivity index (χ0) is 25.8. The summed E-state index contributed by atoms with van der Waals surface area (Å²) in [6.07, 6.45) is 1.43. The van der Waals surface area contributed by atoms with E-state index in [0.717, 1.165) is 56.0 Å². The number of ether oxygens (including phenoxy) is 3. The van der Waals surface area contributed by atoms with Crippen LogP contribution in [0.5, 0.6) is 34.5 Å². The minimum absolute atomic E-state index is 0.0116. The molecule has 186 valence electrons. The molecule has 0 amide bonds. The lowest BCUT2D eigenvalue weighted by molar-refractivity contribution is 0.407. The molecule has 0 heterocycles. The van der Waals surface area contributed by atoms with Gasteiger partial charge in [0.1, 0.15) is 34.5 Å². The van der Waals surface area contributed by atoms with E-state index in [-0.39, 0.29) is 17.2 Å². The molecule has 0 aromatic heterocycles. The molecule has 0 aliphatic heterocycles. The van der Waals surface area contributed by atoms with E-state index in [1.807, 2.05) is 42.5 Å². The number of aromatic hydroxyl groups is 3. The monoisotopic (exact) mass is 494 g/mol. The second-order valence-corrected chi connectivity index (χ2v) is 9.26. The fourth-order valence-electron chi connectivity index (χ4n) is 5.58. The first kappa shape index (κ1) is 22.9. The lowest BCUT2D eigenvalue weighted by Gasteiger charge is -2.24. The molecule has 0 radical (unpaired) electrons. The number of phenols is 3. The molecule has 5 aromatic rings. The normalized spacial score (nSPS) is 12.3. The van der Waals surface area contributed by atoms with Crippen LogP contribution in [0.1, 0.15) is 11.1 Å². The van der Waals surface area contributed by atoms with E-state index in [0.29, 0.717) is 29.0 Å². The molecule has 1 aliphatic rings. The molecule has 1 aliphatic carbocycles. The van der Waals surface area contributed by atoms with Crippen LogP contribution in [0.15, 0.2) is 60.7 Å². The van der Waals surface area contributed by atoms with Gasteiger partial charge in [-0.15, -0.1) is 0 Å². The minimum atomic E-state index is -0.0116. The highest BCUT2D eigenvalue weighted by Gasteiger charge is 2.25. The number of rotatable bonds is 4. The summed E-state index contributed by atoms with van der Waals surface area (Å²) in [7, 11) is 4.77. The SMILES string of the molecule is COc1cc(O)c2c(c1)CCc1cc(O)c(-c3c(O)cc(OC)c4c3ccc3cc(OC)ccc34)cc1-2. The van der Waals surface area contributed by atoms with E-state index in [1.54, 1.807) is 39.5 Å². The van der Waals surface area contributed by atoms with Crippen molar-refractivity contribution in [2.75, 3.05) is 21.3 Å². The van der Waals surface area contributed by atoms with Crippen LogP contribution in [0.4, 0.5) is 0 Å². The Bertz CT molecular complexity index is 1720. The first-order chi connectivity index (χ1) is 17.9. The molecule has 3 N–H and O–H groups in total. The van der Waals surface area contributed by atoms with E-state index < -0.39 is 0 Å². The zero-order valence-corrected chi connectivity index (χ0v) is 20.8. The van der Waals surface area contributed by atoms with Gasteiger partial charge in [0.05, 0.1) is 21.3 Å². The summed E-state index contributed by atoms with van der Waals surface area (Å²) >= 11 is 0. The third kappa shape index (κ3) is 3.48. The molecule has 0 bridgehead atoms. The van der Waals surface area contributed by atoms with Gasteiger partial charge >= 0.3 is 0 Å². The van der Waals surface area contributed by atoms with Crippen LogP contribution in [-0.4, -0.2) is 36.6 Å². The van der Waals surface area contributed by atoms with Gasteiger partial charge in [0.15, 0.2) is 0 Å². The van der Waals surface area contributed by atoms with Crippen molar-refractivity contribution in [1.82, 2.24) is 0 Å². The summed E-state index contributed by atoms with van der Waals surface area (Å²) in [6, 6.07) is 18.4. The van der Waals surface area contributed by atoms with E-state index in [9.17, 15) is 15.3 Å². The van der Waals surface area contributed by atoms with Crippen LogP contribution >= 0.6 is 0 Å². The van der Waals surface area contributed by atoms with Crippen molar-refractivity contribution in [3.63, 3.8) is 0 Å². The predicted octanol–water partition coefficient (Wildman–Crippen LogP) is 6.57. The molecule has 5 aromatic carbocycles. The Labute approximate surface area is 213 Å². The molecular formula is C31H26O6. The van der Waals surface area contributed by atoms with Crippen molar-refractivity contribution in [2.45, 2.75) is 12.8 Å². The number of benzene rings is 5. The lowest BCUT2D eigenvalue weighted by atomic mass is 9.82. The quantitative estimate of drug-likeness (QED) is 0.245. The minimum Gasteiger partial charge on any atom is -0.507 e. The summed E-state index contributed by atoms with van der Waals surface area (Å²) in [5.41, 5.74) is 4.42. The number of methoxy groups -OCH3 is 3. The van der Waals surface area contributed by atoms with Crippen molar-refractivity contribution in [2.24, 2.45) is 0 Å². The van der Waals surface area contributed by atoms with Crippen LogP contribution < -0.4 is 14.2 Å². The molecule has 6 heteroatoms. The lowest BCUT2D eigenvalue weighted by Crippen LogP contribution is -2.05. The molecule has 0 saturated carbocycles. The molecule has 0 saturated heterocycles. The average molecular weight is 495 g/mol. The van der Waals surface area contributed by atoms with Crippen molar-refractivity contribution in [3.8, 4) is 56.8 Å². The number of hydrogen-bond acceptors (Lipinski definition) is 6. The highest BCUT2D eigenvalue weighted by atomic mass is 16.5. The third-order valence-corrected chi connectivity index (χ3v) is 7.32. The van der Waals surface area contributed by atoms with Crippen molar-refractivity contribution < 1.29 is 29.5 Å². The molecule has 37 heavy (non-hydrogen) atoms. The van der Waals surface area contributed by atoms with Crippen LogP contribution in [0, 0.1) is 0 Å². The third-order valence-electron chi connectivity index (χ3n) is 7.32. The van der Waals surface area contributed by atoms with Gasteiger partial charge in [-0.25, -0.2) is 0 Å². The topological polar surface area (TPSA) is 88.4 Å². The van der Waals surface area contributed by atoms with Gasteiger partial charge in [-0.05, 0) is 82.1 Å². The second-order valence-electron chi connectivity index (χ2n) is 9.26. The Balaban J connectivity index is 1.65. The molecule has 0 spiro atoms. The van der Waals surface area contributed by atoms with Gasteiger partial charge in [0, 0.05) is 34.2 Å². The maximum Gasteiger partial charge on any atom is 0.131 e. The van der Waals surface area contributed by atoms with Gasteiger partial charge in [-0.3, -0.25) is 0 Å². The van der Waals surface area contributed by atoms with Gasteiger partial charge in [-0.1, -0.05) is 12.1 Å². The summed E-state index contributed by atoms with van der Waals surface area (Å²) in [6.45, 7) is 0. The molecule has 0 unspecified atom stereocenters. The van der Waals surface area contributed by atoms with Crippen molar-refractivity contribution >= 4 is 21.5 Å². The number of aryl methyl sites for hydroxylation is 2. The first-order valence-electron chi connectivity index (χ1n) is 12.0. The summed E-state index contributed by atoms with van der Waals surface area (Å²) in [4.78, 5) is 0. The fraction of sp³-hybridized carbons (Fsp3) is 0.161. The highest BCUT2D eigenvalue weighted by molar-refractivity contribution is 6.17. The Hall–Kier alpha value is -4.58. The summed E-state index contributed by atoms with van der Waals surface area (Å²) in [5, 5.41) is 36.7. The number of phenolic OH excluding ortho intramolecular Hbond substituents is 3. The first-order valence-corrected chi connectivity index (χ1v) is 12.0. The summed E-state index contributed by atoms with van der Waals surface area (Å²) < 4.78 is 16.4. The fourth-order valence-corrected chi connectivity index (χ4v) is 5.58. The van der Waals surface area contributed by atoms with Gasteiger partial charge in [0.2, 0.25) is 0 Å². The van der Waals surface area contributed by atoms with Crippen LogP contribution in [0.3, 0.4) is 0 Å². The van der Waals surface area contributed by atoms with Crippen LogP contribution in [0.2, 0.25) is 0 Å². The number of hydrogen-bond donors (Lipinski definition) is 3. The predicted molar refractivity (Wildman–Crippen MR) is 144 cm³/mol. The summed E-state index contributed by atoms with van der Waals surface area (Å²) in [5.74, 6) is 2.04. The maximum atomic E-state index is 11.2. The molecule has 6 rings (SSSR count). The van der Waals surface area contributed by atoms with E-state index >= 15 is 0 Å². The van der Waals surface area contributed by atoms with Crippen molar-refractivity contribution in [1.29, 1.82) is 0 Å². The maximum absolute atomic E-state index is 11.2.